The summed E-state index contributed by atoms with van der Waals surface area (Å²) in [6.07, 6.45) is 2.45. The fourth-order valence-corrected chi connectivity index (χ4v) is 3.16. The Bertz CT molecular complexity index is 403. The third-order valence-corrected chi connectivity index (χ3v) is 8.81. The van der Waals surface area contributed by atoms with Crippen LogP contribution in [0.1, 0.15) is 34.6 Å². The number of methoxy groups -OCH3 is 1. The molecule has 7 heteroatoms. The van der Waals surface area contributed by atoms with Crippen LogP contribution in [0.3, 0.4) is 0 Å². The molecule has 0 spiro atoms. The monoisotopic (exact) mass is 376 g/mol. The van der Waals surface area contributed by atoms with E-state index < -0.39 is 20.4 Å². The molecule has 2 atom stereocenters. The van der Waals surface area contributed by atoms with Crippen LogP contribution in [-0.2, 0) is 28.2 Å². The number of ether oxygens (including phenoxy) is 4. The minimum absolute atomic E-state index is 0.0889. The maximum atomic E-state index is 11.6. The number of hydrogen-bond donors (Lipinski definition) is 0. The van der Waals surface area contributed by atoms with E-state index in [0.29, 0.717) is 19.8 Å². The number of esters is 1. The van der Waals surface area contributed by atoms with Crippen molar-refractivity contribution in [1.29, 1.82) is 0 Å². The van der Waals surface area contributed by atoms with Crippen LogP contribution in [0.2, 0.25) is 18.1 Å². The van der Waals surface area contributed by atoms with Crippen molar-refractivity contribution in [3.05, 3.63) is 12.2 Å². The van der Waals surface area contributed by atoms with E-state index in [1.807, 2.05) is 6.92 Å². The summed E-state index contributed by atoms with van der Waals surface area (Å²) in [6, 6.07) is 0. The molecule has 0 radical (unpaired) electrons. The predicted molar refractivity (Wildman–Crippen MR) is 101 cm³/mol. The second-order valence-electron chi connectivity index (χ2n) is 7.34. The van der Waals surface area contributed by atoms with Gasteiger partial charge in [-0.15, -0.1) is 0 Å². The van der Waals surface area contributed by atoms with E-state index in [4.69, 9.17) is 23.4 Å². The van der Waals surface area contributed by atoms with Gasteiger partial charge < -0.3 is 23.4 Å². The summed E-state index contributed by atoms with van der Waals surface area (Å²) in [6.45, 7) is 16.0. The molecule has 148 valence electrons. The average Bonchev–Trinajstić information content (AvgIpc) is 2.48. The zero-order valence-electron chi connectivity index (χ0n) is 17.1. The van der Waals surface area contributed by atoms with Gasteiger partial charge in [-0.3, -0.25) is 0 Å². The molecule has 25 heavy (non-hydrogen) atoms. The van der Waals surface area contributed by atoms with Crippen LogP contribution in [0.4, 0.5) is 0 Å². The molecule has 0 aliphatic rings. The Hall–Kier alpha value is -0.733. The predicted octanol–water partition coefficient (Wildman–Crippen LogP) is 3.52. The van der Waals surface area contributed by atoms with Crippen LogP contribution in [-0.4, -0.2) is 60.2 Å². The van der Waals surface area contributed by atoms with Gasteiger partial charge in [0.1, 0.15) is 12.9 Å². The summed E-state index contributed by atoms with van der Waals surface area (Å²) in [7, 11) is -0.338. The molecule has 0 fully saturated rings. The van der Waals surface area contributed by atoms with E-state index in [-0.39, 0.29) is 17.9 Å². The smallest absolute Gasteiger partial charge is 0.330 e. The average molecular weight is 377 g/mol. The lowest BCUT2D eigenvalue weighted by Crippen LogP contribution is -2.46. The summed E-state index contributed by atoms with van der Waals surface area (Å²) < 4.78 is 27.3. The van der Waals surface area contributed by atoms with Gasteiger partial charge in [-0.2, -0.15) is 0 Å². The second kappa shape index (κ2) is 11.8. The Labute approximate surface area is 153 Å². The lowest BCUT2D eigenvalue weighted by molar-refractivity contribution is -0.137. The molecule has 0 heterocycles. The Balaban J connectivity index is 4.87. The zero-order chi connectivity index (χ0) is 19.5. The largest absolute Gasteiger partial charge is 0.463 e. The van der Waals surface area contributed by atoms with Crippen LogP contribution in [0.25, 0.3) is 0 Å². The first-order chi connectivity index (χ1) is 11.5. The molecule has 0 aromatic rings. The summed E-state index contributed by atoms with van der Waals surface area (Å²) >= 11 is 0. The van der Waals surface area contributed by atoms with Crippen LogP contribution >= 0.6 is 0 Å². The highest BCUT2D eigenvalue weighted by Gasteiger charge is 2.39. The standard InChI is InChI=1S/C18H36O6Si/c1-9-22-17(19)11-10-16(23-14-21-13-12-20-6)15(2)24-25(7,8)18(3,4)5/h10-11,15-16H,9,12-14H2,1-8H3/b11-10+/t15-,16+/m0/s1. The van der Waals surface area contributed by atoms with Crippen molar-refractivity contribution in [2.75, 3.05) is 33.7 Å². The molecule has 0 aliphatic heterocycles. The van der Waals surface area contributed by atoms with E-state index in [1.54, 1.807) is 20.1 Å². The van der Waals surface area contributed by atoms with Gasteiger partial charge in [-0.25, -0.2) is 4.79 Å². The summed E-state index contributed by atoms with van der Waals surface area (Å²) in [4.78, 5) is 11.6. The number of rotatable bonds is 12. The second-order valence-corrected chi connectivity index (χ2v) is 12.1. The maximum Gasteiger partial charge on any atom is 0.330 e. The lowest BCUT2D eigenvalue weighted by Gasteiger charge is -2.39. The van der Waals surface area contributed by atoms with Crippen LogP contribution in [0.5, 0.6) is 0 Å². The minimum atomic E-state index is -1.95. The van der Waals surface area contributed by atoms with E-state index in [9.17, 15) is 4.79 Å². The number of carbonyl (C=O) groups excluding carboxylic acids is 1. The summed E-state index contributed by atoms with van der Waals surface area (Å²) in [5.74, 6) is -0.393. The zero-order valence-corrected chi connectivity index (χ0v) is 18.1. The van der Waals surface area contributed by atoms with Crippen molar-refractivity contribution in [3.63, 3.8) is 0 Å². The molecule has 0 aromatic heterocycles. The molecule has 0 unspecified atom stereocenters. The van der Waals surface area contributed by atoms with E-state index in [0.717, 1.165) is 0 Å². The highest BCUT2D eigenvalue weighted by molar-refractivity contribution is 6.74. The highest BCUT2D eigenvalue weighted by Crippen LogP contribution is 2.37. The molecular formula is C18H36O6Si. The number of hydrogen-bond acceptors (Lipinski definition) is 6. The van der Waals surface area contributed by atoms with Gasteiger partial charge in [-0.05, 0) is 38.1 Å². The maximum absolute atomic E-state index is 11.6. The molecule has 6 nitrogen and oxygen atoms in total. The van der Waals surface area contributed by atoms with Gasteiger partial charge in [0.15, 0.2) is 8.32 Å². The molecule has 0 saturated heterocycles. The van der Waals surface area contributed by atoms with Gasteiger partial charge in [0.25, 0.3) is 0 Å². The Morgan fingerprint density at radius 2 is 1.84 bits per heavy atom. The fraction of sp³-hybridized carbons (Fsp3) is 0.833. The first kappa shape index (κ1) is 24.3. The fourth-order valence-electron chi connectivity index (χ4n) is 1.75. The molecule has 0 rings (SSSR count). The SMILES string of the molecule is CCOC(=O)/C=C/[C@@H](OCOCCOC)[C@H](C)O[Si](C)(C)C(C)(C)C. The first-order valence-electron chi connectivity index (χ1n) is 8.76. The van der Waals surface area contributed by atoms with Crippen molar-refractivity contribution in [3.8, 4) is 0 Å². The molecule has 0 saturated carbocycles. The Morgan fingerprint density at radius 3 is 2.36 bits per heavy atom. The summed E-state index contributed by atoms with van der Waals surface area (Å²) in [5.41, 5.74) is 0. The quantitative estimate of drug-likeness (QED) is 0.171. The van der Waals surface area contributed by atoms with Crippen LogP contribution in [0, 0.1) is 0 Å². The molecule has 0 N–H and O–H groups in total. The topological polar surface area (TPSA) is 63.2 Å². The minimum Gasteiger partial charge on any atom is -0.463 e. The third-order valence-electron chi connectivity index (χ3n) is 4.23. The van der Waals surface area contributed by atoms with Gasteiger partial charge in [0.2, 0.25) is 0 Å². The van der Waals surface area contributed by atoms with Crippen molar-refractivity contribution >= 4 is 14.3 Å². The molecule has 0 amide bonds. The third kappa shape index (κ3) is 10.1. The molecule has 0 aromatic carbocycles. The van der Waals surface area contributed by atoms with E-state index in [2.05, 4.69) is 33.9 Å². The lowest BCUT2D eigenvalue weighted by atomic mass is 10.2. The van der Waals surface area contributed by atoms with E-state index in [1.165, 1.54) is 6.08 Å². The van der Waals surface area contributed by atoms with Gasteiger partial charge in [-0.1, -0.05) is 20.8 Å². The van der Waals surface area contributed by atoms with Gasteiger partial charge in [0.05, 0.1) is 25.9 Å². The summed E-state index contributed by atoms with van der Waals surface area (Å²) in [5, 5.41) is 0.0889. The van der Waals surface area contributed by atoms with Crippen molar-refractivity contribution in [2.45, 2.75) is 65.0 Å². The molecular weight excluding hydrogens is 340 g/mol. The molecule has 0 bridgehead atoms. The Kier molecular flexibility index (Phi) is 11.5. The van der Waals surface area contributed by atoms with Crippen LogP contribution in [0.15, 0.2) is 12.2 Å². The normalized spacial score (nSPS) is 15.4. The van der Waals surface area contributed by atoms with Crippen molar-refractivity contribution in [1.82, 2.24) is 0 Å². The Morgan fingerprint density at radius 1 is 1.20 bits per heavy atom. The van der Waals surface area contributed by atoms with Gasteiger partial charge in [0, 0.05) is 13.2 Å². The van der Waals surface area contributed by atoms with E-state index >= 15 is 0 Å². The first-order valence-corrected chi connectivity index (χ1v) is 11.7. The number of carbonyl (C=O) groups is 1. The van der Waals surface area contributed by atoms with Crippen molar-refractivity contribution < 1.29 is 28.2 Å². The van der Waals surface area contributed by atoms with Crippen LogP contribution < -0.4 is 0 Å². The molecule has 0 aliphatic carbocycles. The van der Waals surface area contributed by atoms with Crippen molar-refractivity contribution in [2.24, 2.45) is 0 Å². The van der Waals surface area contributed by atoms with Gasteiger partial charge >= 0.3 is 5.97 Å². The highest BCUT2D eigenvalue weighted by atomic mass is 28.4.